The van der Waals surface area contributed by atoms with Crippen LogP contribution in [-0.4, -0.2) is 10.9 Å². The topological polar surface area (TPSA) is 37.3 Å². The molecule has 0 saturated heterocycles. The second-order valence-corrected chi connectivity index (χ2v) is 3.19. The average molecular weight is 162 g/mol. The fourth-order valence-corrected chi connectivity index (χ4v) is 1.64. The summed E-state index contributed by atoms with van der Waals surface area (Å²) < 4.78 is 0. The molecule has 0 bridgehead atoms. The van der Waals surface area contributed by atoms with Crippen LogP contribution >= 0.6 is 0 Å². The lowest BCUT2D eigenvalue weighted by molar-refractivity contribution is 0.0790. The van der Waals surface area contributed by atoms with Crippen LogP contribution in [0.1, 0.15) is 28.9 Å². The molecule has 1 aliphatic carbocycles. The van der Waals surface area contributed by atoms with Gasteiger partial charge in [-0.05, 0) is 5.56 Å². The van der Waals surface area contributed by atoms with E-state index in [1.165, 1.54) is 0 Å². The summed E-state index contributed by atoms with van der Waals surface area (Å²) in [5, 5.41) is 9.60. The van der Waals surface area contributed by atoms with E-state index >= 15 is 0 Å². The summed E-state index contributed by atoms with van der Waals surface area (Å²) in [5.74, 6) is -0.222. The van der Waals surface area contributed by atoms with E-state index in [9.17, 15) is 9.90 Å². The SMILES string of the molecule is CC1C(=O)c2ccccc2C1O. The molecule has 2 rings (SSSR count). The molecule has 0 fully saturated rings. The molecule has 1 aliphatic rings. The predicted octanol–water partition coefficient (Wildman–Crippen LogP) is 1.55. The second kappa shape index (κ2) is 2.42. The first-order valence-corrected chi connectivity index (χ1v) is 4.03. The largest absolute Gasteiger partial charge is 0.388 e. The van der Waals surface area contributed by atoms with Crippen LogP contribution in [0.3, 0.4) is 0 Å². The Bertz CT molecular complexity index is 330. The Kier molecular flexibility index (Phi) is 1.51. The summed E-state index contributed by atoms with van der Waals surface area (Å²) in [7, 11) is 0. The highest BCUT2D eigenvalue weighted by atomic mass is 16.3. The molecule has 0 amide bonds. The van der Waals surface area contributed by atoms with Gasteiger partial charge >= 0.3 is 0 Å². The standard InChI is InChI=1S/C10H10O2/c1-6-9(11)7-4-2-3-5-8(7)10(6)12/h2-6,9,11H,1H3. The van der Waals surface area contributed by atoms with Crippen molar-refractivity contribution in [1.82, 2.24) is 0 Å². The number of fused-ring (bicyclic) bond motifs is 1. The first-order chi connectivity index (χ1) is 5.72. The monoisotopic (exact) mass is 162 g/mol. The Morgan fingerprint density at radius 2 is 2.00 bits per heavy atom. The molecule has 2 heteroatoms. The minimum atomic E-state index is -0.603. The van der Waals surface area contributed by atoms with Crippen molar-refractivity contribution in [2.24, 2.45) is 5.92 Å². The van der Waals surface area contributed by atoms with E-state index in [4.69, 9.17) is 0 Å². The van der Waals surface area contributed by atoms with Gasteiger partial charge < -0.3 is 5.11 Å². The number of aliphatic hydroxyl groups excluding tert-OH is 1. The molecule has 62 valence electrons. The van der Waals surface area contributed by atoms with Gasteiger partial charge in [-0.2, -0.15) is 0 Å². The zero-order valence-corrected chi connectivity index (χ0v) is 6.82. The van der Waals surface area contributed by atoms with Gasteiger partial charge in [0.15, 0.2) is 5.78 Å². The highest BCUT2D eigenvalue weighted by molar-refractivity contribution is 6.02. The van der Waals surface area contributed by atoms with E-state index in [0.29, 0.717) is 5.56 Å². The number of rotatable bonds is 0. The number of carbonyl (C=O) groups excluding carboxylic acids is 1. The van der Waals surface area contributed by atoms with Crippen LogP contribution in [0.2, 0.25) is 0 Å². The quantitative estimate of drug-likeness (QED) is 0.628. The number of Topliss-reactive ketones (excluding diaryl/α,β-unsaturated/α-hetero) is 1. The van der Waals surface area contributed by atoms with Crippen LogP contribution in [0, 0.1) is 5.92 Å². The lowest BCUT2D eigenvalue weighted by Gasteiger charge is -2.05. The van der Waals surface area contributed by atoms with Gasteiger partial charge in [-0.3, -0.25) is 4.79 Å². The molecule has 0 heterocycles. The van der Waals surface area contributed by atoms with Gasteiger partial charge in [0.05, 0.1) is 6.10 Å². The molecule has 2 atom stereocenters. The Morgan fingerprint density at radius 1 is 1.33 bits per heavy atom. The van der Waals surface area contributed by atoms with E-state index in [2.05, 4.69) is 0 Å². The Hall–Kier alpha value is -1.15. The van der Waals surface area contributed by atoms with Gasteiger partial charge in [0.2, 0.25) is 0 Å². The number of ketones is 1. The number of hydrogen-bond acceptors (Lipinski definition) is 2. The molecule has 12 heavy (non-hydrogen) atoms. The summed E-state index contributed by atoms with van der Waals surface area (Å²) in [4.78, 5) is 11.4. The predicted molar refractivity (Wildman–Crippen MR) is 44.9 cm³/mol. The molecule has 2 nitrogen and oxygen atoms in total. The third kappa shape index (κ3) is 0.816. The molecule has 1 aromatic carbocycles. The van der Waals surface area contributed by atoms with E-state index in [1.54, 1.807) is 19.1 Å². The minimum absolute atomic E-state index is 0.0538. The molecule has 0 spiro atoms. The summed E-state index contributed by atoms with van der Waals surface area (Å²) in [6.07, 6.45) is -0.603. The van der Waals surface area contributed by atoms with Crippen molar-refractivity contribution in [2.75, 3.05) is 0 Å². The van der Waals surface area contributed by atoms with E-state index in [-0.39, 0.29) is 11.7 Å². The van der Waals surface area contributed by atoms with Gasteiger partial charge in [-0.1, -0.05) is 31.2 Å². The van der Waals surface area contributed by atoms with Crippen molar-refractivity contribution < 1.29 is 9.90 Å². The molecule has 0 saturated carbocycles. The zero-order chi connectivity index (χ0) is 8.72. The van der Waals surface area contributed by atoms with Crippen molar-refractivity contribution in [3.05, 3.63) is 35.4 Å². The third-order valence-corrected chi connectivity index (χ3v) is 2.43. The second-order valence-electron chi connectivity index (χ2n) is 3.19. The maximum Gasteiger partial charge on any atom is 0.168 e. The summed E-state index contributed by atoms with van der Waals surface area (Å²) in [6.45, 7) is 1.76. The van der Waals surface area contributed by atoms with Gasteiger partial charge in [0.1, 0.15) is 0 Å². The Balaban J connectivity index is 2.59. The van der Waals surface area contributed by atoms with Gasteiger partial charge in [-0.15, -0.1) is 0 Å². The fourth-order valence-electron chi connectivity index (χ4n) is 1.64. The van der Waals surface area contributed by atoms with Crippen molar-refractivity contribution in [3.63, 3.8) is 0 Å². The van der Waals surface area contributed by atoms with Crippen molar-refractivity contribution in [3.8, 4) is 0 Å². The zero-order valence-electron chi connectivity index (χ0n) is 6.82. The fraction of sp³-hybridized carbons (Fsp3) is 0.300. The van der Waals surface area contributed by atoms with E-state index < -0.39 is 6.10 Å². The molecule has 0 aromatic heterocycles. The first-order valence-electron chi connectivity index (χ1n) is 4.03. The number of carbonyl (C=O) groups is 1. The van der Waals surface area contributed by atoms with Gasteiger partial charge in [0, 0.05) is 11.5 Å². The molecule has 0 aliphatic heterocycles. The van der Waals surface area contributed by atoms with Crippen LogP contribution < -0.4 is 0 Å². The molecule has 1 aromatic rings. The maximum absolute atomic E-state index is 11.4. The third-order valence-electron chi connectivity index (χ3n) is 2.43. The van der Waals surface area contributed by atoms with Gasteiger partial charge in [-0.25, -0.2) is 0 Å². The molecule has 1 N–H and O–H groups in total. The summed E-state index contributed by atoms with van der Waals surface area (Å²) >= 11 is 0. The van der Waals surface area contributed by atoms with Crippen LogP contribution in [0.15, 0.2) is 24.3 Å². The van der Waals surface area contributed by atoms with Crippen LogP contribution in [-0.2, 0) is 0 Å². The van der Waals surface area contributed by atoms with Crippen LogP contribution in [0.25, 0.3) is 0 Å². The van der Waals surface area contributed by atoms with E-state index in [0.717, 1.165) is 5.56 Å². The smallest absolute Gasteiger partial charge is 0.168 e. The summed E-state index contributed by atoms with van der Waals surface area (Å²) in [6, 6.07) is 7.24. The molecular formula is C10H10O2. The van der Waals surface area contributed by atoms with E-state index in [1.807, 2.05) is 12.1 Å². The number of benzene rings is 1. The maximum atomic E-state index is 11.4. The lowest BCUT2D eigenvalue weighted by atomic mass is 10.1. The summed E-state index contributed by atoms with van der Waals surface area (Å²) in [5.41, 5.74) is 1.45. The Labute approximate surface area is 70.8 Å². The lowest BCUT2D eigenvalue weighted by Crippen LogP contribution is -2.08. The number of aliphatic hydroxyl groups is 1. The number of hydrogen-bond donors (Lipinski definition) is 1. The molecule has 0 radical (unpaired) electrons. The van der Waals surface area contributed by atoms with Crippen molar-refractivity contribution in [1.29, 1.82) is 0 Å². The average Bonchev–Trinajstić information content (AvgIpc) is 2.33. The normalized spacial score (nSPS) is 27.3. The van der Waals surface area contributed by atoms with Crippen LogP contribution in [0.5, 0.6) is 0 Å². The first kappa shape index (κ1) is 7.50. The van der Waals surface area contributed by atoms with Gasteiger partial charge in [0.25, 0.3) is 0 Å². The Morgan fingerprint density at radius 3 is 2.67 bits per heavy atom. The molecule has 2 unspecified atom stereocenters. The highest BCUT2D eigenvalue weighted by Gasteiger charge is 2.34. The van der Waals surface area contributed by atoms with Crippen LogP contribution in [0.4, 0.5) is 0 Å². The minimum Gasteiger partial charge on any atom is -0.388 e. The van der Waals surface area contributed by atoms with Crippen molar-refractivity contribution >= 4 is 5.78 Å². The molecular weight excluding hydrogens is 152 g/mol. The highest BCUT2D eigenvalue weighted by Crippen LogP contribution is 2.34. The van der Waals surface area contributed by atoms with Crippen molar-refractivity contribution in [2.45, 2.75) is 13.0 Å².